The van der Waals surface area contributed by atoms with Crippen molar-refractivity contribution < 1.29 is 33.8 Å². The molecule has 246 valence electrons. The zero-order valence-corrected chi connectivity index (χ0v) is 29.3. The highest BCUT2D eigenvalue weighted by Gasteiger charge is 2.47. The predicted molar refractivity (Wildman–Crippen MR) is 180 cm³/mol. The molecule has 2 bridgehead atoms. The molecule has 1 amide bonds. The second-order valence-electron chi connectivity index (χ2n) is 12.7. The number of nitrogen functional groups attached to an aromatic ring is 1. The van der Waals surface area contributed by atoms with Crippen molar-refractivity contribution in [1.82, 2.24) is 4.98 Å². The first-order valence-electron chi connectivity index (χ1n) is 15.3. The SMILES string of the molecule is CC(=O)/N=C1\[C@H](C)C[C@]2(C)C[C@@H](C)C(=O)[C@@H](C)C(=O)O[C@H](I)[C@@](C)(O)[C@H](CC/C(=N\OCC#Cc3cccc(N)n3)CO2)[C@H]1C. The van der Waals surface area contributed by atoms with E-state index in [1.54, 1.807) is 32.0 Å². The molecule has 8 atom stereocenters. The van der Waals surface area contributed by atoms with Crippen molar-refractivity contribution in [3.05, 3.63) is 23.9 Å². The molecule has 0 aliphatic carbocycles. The molecule has 1 aromatic rings. The van der Waals surface area contributed by atoms with Crippen molar-refractivity contribution in [1.29, 1.82) is 0 Å². The lowest BCUT2D eigenvalue weighted by Crippen LogP contribution is -2.51. The monoisotopic (exact) mass is 736 g/mol. The average molecular weight is 737 g/mol. The van der Waals surface area contributed by atoms with Crippen LogP contribution in [0.2, 0.25) is 0 Å². The number of nitrogens with zero attached hydrogens (tertiary/aromatic N) is 3. The molecule has 3 heterocycles. The van der Waals surface area contributed by atoms with Crippen LogP contribution in [-0.4, -0.2) is 67.7 Å². The molecule has 3 N–H and O–H groups in total. The molecule has 0 radical (unpaired) electrons. The summed E-state index contributed by atoms with van der Waals surface area (Å²) < 4.78 is 11.3. The van der Waals surface area contributed by atoms with Gasteiger partial charge in [0, 0.05) is 24.5 Å². The molecular formula is C33H45IN4O7. The number of oxime groups is 1. The highest BCUT2D eigenvalue weighted by Crippen LogP contribution is 2.41. The number of ketones is 1. The summed E-state index contributed by atoms with van der Waals surface area (Å²) in [7, 11) is 0. The molecule has 2 fully saturated rings. The summed E-state index contributed by atoms with van der Waals surface area (Å²) in [6.45, 7) is 12.3. The van der Waals surface area contributed by atoms with Gasteiger partial charge in [0.15, 0.2) is 10.7 Å². The number of halogens is 1. The zero-order valence-electron chi connectivity index (χ0n) is 27.1. The molecule has 2 aliphatic rings. The fraction of sp³-hybridized carbons (Fsp3) is 0.636. The van der Waals surface area contributed by atoms with Gasteiger partial charge < -0.3 is 25.2 Å². The number of alkyl halides is 1. The Morgan fingerprint density at radius 3 is 2.56 bits per heavy atom. The number of rotatable bonds is 2. The smallest absolute Gasteiger partial charge is 0.317 e. The summed E-state index contributed by atoms with van der Waals surface area (Å²) in [5.41, 5.74) is 5.03. The van der Waals surface area contributed by atoms with Gasteiger partial charge in [-0.25, -0.2) is 9.98 Å². The standard InChI is InChI=1S/C33H45IN4O7/c1-19-16-32(6)17-20(2)29(40)22(4)30(41)45-31(34)33(7,42)26(21(3)28(19)36-23(5)39)14-13-25(18-43-32)38-44-15-9-11-24-10-8-12-27(35)37-24/h8,10,12,19-22,26,31,42H,13-18H2,1-7H3,(H2,35,37)/b36-28+,38-25+/t19-,20-,21-,22-,26-,31+,32-,33+/m1/s1. The number of amides is 1. The third-order valence-corrected chi connectivity index (χ3v) is 10.2. The average Bonchev–Trinajstić information content (AvgIpc) is 2.97. The van der Waals surface area contributed by atoms with E-state index in [1.165, 1.54) is 13.8 Å². The minimum absolute atomic E-state index is 0.00353. The summed E-state index contributed by atoms with van der Waals surface area (Å²) in [6.07, 6.45) is 1.52. The number of anilines is 1. The Hall–Kier alpha value is -2.89. The molecule has 0 spiro atoms. The number of Topliss-reactive ketones (excluding diaryl/α,β-unsaturated/α-hetero) is 1. The van der Waals surface area contributed by atoms with Gasteiger partial charge in [-0.15, -0.1) is 0 Å². The van der Waals surface area contributed by atoms with Crippen LogP contribution in [0.15, 0.2) is 28.3 Å². The molecule has 1 aromatic heterocycles. The maximum atomic E-state index is 13.4. The zero-order chi connectivity index (χ0) is 33.5. The third kappa shape index (κ3) is 9.80. The number of hydrogen-bond acceptors (Lipinski definition) is 10. The van der Waals surface area contributed by atoms with Gasteiger partial charge in [0.1, 0.15) is 28.8 Å². The lowest BCUT2D eigenvalue weighted by Gasteiger charge is -2.42. The van der Waals surface area contributed by atoms with Crippen LogP contribution in [0.3, 0.4) is 0 Å². The summed E-state index contributed by atoms with van der Waals surface area (Å²) in [4.78, 5) is 53.0. The molecule has 12 heteroatoms. The van der Waals surface area contributed by atoms with Crippen LogP contribution in [0.1, 0.15) is 79.8 Å². The normalized spacial score (nSPS) is 35.3. The number of aliphatic imine (C=N–C) groups is 1. The topological polar surface area (TPSA) is 163 Å². The van der Waals surface area contributed by atoms with E-state index < -0.39 is 39.0 Å². The first-order chi connectivity index (χ1) is 21.0. The Balaban J connectivity index is 2.07. The molecular weight excluding hydrogens is 691 g/mol. The second-order valence-corrected chi connectivity index (χ2v) is 13.9. The molecule has 0 aromatic carbocycles. The highest BCUT2D eigenvalue weighted by molar-refractivity contribution is 14.1. The van der Waals surface area contributed by atoms with Crippen molar-refractivity contribution in [2.24, 2.45) is 39.7 Å². The van der Waals surface area contributed by atoms with Crippen molar-refractivity contribution >= 4 is 57.5 Å². The summed E-state index contributed by atoms with van der Waals surface area (Å²) in [5, 5.41) is 16.4. The fourth-order valence-electron chi connectivity index (χ4n) is 6.36. The first kappa shape index (κ1) is 36.6. The predicted octanol–water partition coefficient (Wildman–Crippen LogP) is 4.52. The number of cyclic esters (lactones) is 1. The number of fused-ring (bicyclic) bond motifs is 5. The van der Waals surface area contributed by atoms with Gasteiger partial charge in [0.2, 0.25) is 5.91 Å². The second kappa shape index (κ2) is 15.6. The van der Waals surface area contributed by atoms with Crippen molar-refractivity contribution in [2.75, 3.05) is 18.9 Å². The van der Waals surface area contributed by atoms with Crippen molar-refractivity contribution in [3.63, 3.8) is 0 Å². The van der Waals surface area contributed by atoms with Crippen molar-refractivity contribution in [3.8, 4) is 11.8 Å². The Morgan fingerprint density at radius 1 is 1.20 bits per heavy atom. The largest absolute Gasteiger partial charge is 0.448 e. The van der Waals surface area contributed by atoms with Gasteiger partial charge in [0.05, 0.1) is 17.9 Å². The minimum atomic E-state index is -1.56. The van der Waals surface area contributed by atoms with Crippen LogP contribution in [0.5, 0.6) is 0 Å². The van der Waals surface area contributed by atoms with Gasteiger partial charge in [-0.2, -0.15) is 0 Å². The number of pyridine rings is 1. The fourth-order valence-corrected chi connectivity index (χ4v) is 7.07. The number of aliphatic hydroxyl groups is 1. The number of nitrogens with two attached hydrogens (primary N) is 1. The molecule has 3 rings (SSSR count). The summed E-state index contributed by atoms with van der Waals surface area (Å²) >= 11 is 1.91. The lowest BCUT2D eigenvalue weighted by atomic mass is 9.71. The number of ether oxygens (including phenoxy) is 2. The Morgan fingerprint density at radius 2 is 1.89 bits per heavy atom. The maximum absolute atomic E-state index is 13.4. The third-order valence-electron chi connectivity index (χ3n) is 8.68. The van der Waals surface area contributed by atoms with E-state index in [0.29, 0.717) is 48.6 Å². The van der Waals surface area contributed by atoms with Crippen LogP contribution in [0, 0.1) is 41.4 Å². The van der Waals surface area contributed by atoms with Crippen LogP contribution >= 0.6 is 22.6 Å². The Kier molecular flexibility index (Phi) is 12.7. The van der Waals surface area contributed by atoms with E-state index >= 15 is 0 Å². The number of hydrogen-bond donors (Lipinski definition) is 2. The molecule has 0 unspecified atom stereocenters. The van der Waals surface area contributed by atoms with Gasteiger partial charge in [-0.1, -0.05) is 37.9 Å². The number of esters is 1. The van der Waals surface area contributed by atoms with Crippen LogP contribution in [0.25, 0.3) is 0 Å². The van der Waals surface area contributed by atoms with E-state index in [9.17, 15) is 19.5 Å². The quantitative estimate of drug-likeness (QED) is 0.0846. The molecule has 0 saturated carbocycles. The number of carbonyl (C=O) groups is 3. The van der Waals surface area contributed by atoms with E-state index in [0.717, 1.165) is 0 Å². The van der Waals surface area contributed by atoms with Crippen LogP contribution in [-0.2, 0) is 28.7 Å². The van der Waals surface area contributed by atoms with Gasteiger partial charge >= 0.3 is 5.97 Å². The lowest BCUT2D eigenvalue weighted by molar-refractivity contribution is -0.164. The van der Waals surface area contributed by atoms with E-state index in [1.807, 2.05) is 43.4 Å². The summed E-state index contributed by atoms with van der Waals surface area (Å²) in [5.74, 6) is 2.15. The number of aromatic nitrogens is 1. The molecule has 11 nitrogen and oxygen atoms in total. The van der Waals surface area contributed by atoms with E-state index in [4.69, 9.17) is 20.0 Å². The van der Waals surface area contributed by atoms with Crippen molar-refractivity contribution in [2.45, 2.75) is 89.5 Å². The number of carbonyl (C=O) groups excluding carboxylic acids is 3. The molecule has 45 heavy (non-hydrogen) atoms. The Bertz CT molecular complexity index is 1380. The highest BCUT2D eigenvalue weighted by atomic mass is 127. The van der Waals surface area contributed by atoms with Gasteiger partial charge in [-0.3, -0.25) is 14.4 Å². The van der Waals surface area contributed by atoms with E-state index in [-0.39, 0.29) is 36.7 Å². The minimum Gasteiger partial charge on any atom is -0.448 e. The van der Waals surface area contributed by atoms with Gasteiger partial charge in [-0.05, 0) is 98.9 Å². The maximum Gasteiger partial charge on any atom is 0.317 e. The first-order valence-corrected chi connectivity index (χ1v) is 16.5. The summed E-state index contributed by atoms with van der Waals surface area (Å²) in [6, 6.07) is 5.19. The van der Waals surface area contributed by atoms with Gasteiger partial charge in [0.25, 0.3) is 0 Å². The van der Waals surface area contributed by atoms with Crippen LogP contribution in [0.4, 0.5) is 5.82 Å². The molecule has 2 aliphatic heterocycles. The van der Waals surface area contributed by atoms with E-state index in [2.05, 4.69) is 27.0 Å². The molecule has 2 saturated heterocycles. The Labute approximate surface area is 279 Å². The van der Waals surface area contributed by atoms with Crippen LogP contribution < -0.4 is 5.73 Å².